The topological polar surface area (TPSA) is 79.1 Å². The standard InChI is InChI=1S/C22H20N2O5S2/c1-12-18(21(26)29-4)19(16-6-5-9-30-16)24-20(25)17(31-22(24)23-12)11-13-10-14(27-2)7-8-15(13)28-3/h5-11,19H,1-4H3/b17-11+/t19-/m0/s1. The molecule has 0 unspecified atom stereocenters. The van der Waals surface area contributed by atoms with Crippen LogP contribution in [0.2, 0.25) is 0 Å². The first-order valence-corrected chi connectivity index (χ1v) is 11.0. The van der Waals surface area contributed by atoms with E-state index in [1.807, 2.05) is 17.5 Å². The zero-order chi connectivity index (χ0) is 22.1. The van der Waals surface area contributed by atoms with E-state index < -0.39 is 12.0 Å². The van der Waals surface area contributed by atoms with Crippen LogP contribution in [0.1, 0.15) is 23.4 Å². The van der Waals surface area contributed by atoms with E-state index >= 15 is 0 Å². The molecule has 3 heterocycles. The van der Waals surface area contributed by atoms with Gasteiger partial charge in [0.2, 0.25) is 0 Å². The normalized spacial score (nSPS) is 16.0. The highest BCUT2D eigenvalue weighted by Gasteiger charge is 2.33. The molecule has 0 saturated carbocycles. The van der Waals surface area contributed by atoms with E-state index in [1.54, 1.807) is 50.0 Å². The summed E-state index contributed by atoms with van der Waals surface area (Å²) in [7, 11) is 4.48. The van der Waals surface area contributed by atoms with Gasteiger partial charge in [-0.3, -0.25) is 9.36 Å². The van der Waals surface area contributed by atoms with Gasteiger partial charge in [0, 0.05) is 10.4 Å². The smallest absolute Gasteiger partial charge is 0.338 e. The summed E-state index contributed by atoms with van der Waals surface area (Å²) in [6, 6.07) is 8.59. The van der Waals surface area contributed by atoms with Crippen LogP contribution in [0.25, 0.3) is 6.08 Å². The number of benzene rings is 1. The third-order valence-corrected chi connectivity index (χ3v) is 6.87. The molecule has 0 radical (unpaired) electrons. The van der Waals surface area contributed by atoms with Crippen LogP contribution < -0.4 is 24.4 Å². The van der Waals surface area contributed by atoms with Crippen LogP contribution >= 0.6 is 22.7 Å². The Kier molecular flexibility index (Phi) is 5.79. The number of aromatic nitrogens is 1. The van der Waals surface area contributed by atoms with Crippen molar-refractivity contribution in [2.45, 2.75) is 13.0 Å². The second-order valence-corrected chi connectivity index (χ2v) is 8.69. The Morgan fingerprint density at radius 2 is 2.00 bits per heavy atom. The summed E-state index contributed by atoms with van der Waals surface area (Å²) in [5.74, 6) is 0.774. The van der Waals surface area contributed by atoms with E-state index in [9.17, 15) is 9.59 Å². The molecule has 0 saturated heterocycles. The zero-order valence-electron chi connectivity index (χ0n) is 17.4. The number of thiazole rings is 1. The molecule has 0 amide bonds. The van der Waals surface area contributed by atoms with E-state index in [4.69, 9.17) is 14.2 Å². The number of allylic oxidation sites excluding steroid dienone is 1. The van der Waals surface area contributed by atoms with Crippen molar-refractivity contribution in [3.63, 3.8) is 0 Å². The number of esters is 1. The summed E-state index contributed by atoms with van der Waals surface area (Å²) in [5, 5.41) is 1.91. The lowest BCUT2D eigenvalue weighted by molar-refractivity contribution is -0.136. The molecule has 1 aromatic carbocycles. The minimum atomic E-state index is -0.585. The average Bonchev–Trinajstić information content (AvgIpc) is 3.41. The summed E-state index contributed by atoms with van der Waals surface area (Å²) in [6.07, 6.45) is 1.76. The summed E-state index contributed by atoms with van der Waals surface area (Å²) in [5.41, 5.74) is 1.38. The van der Waals surface area contributed by atoms with Gasteiger partial charge in [0.25, 0.3) is 5.56 Å². The van der Waals surface area contributed by atoms with Crippen LogP contribution in [0.4, 0.5) is 0 Å². The Hall–Kier alpha value is -3.17. The van der Waals surface area contributed by atoms with Crippen molar-refractivity contribution in [1.82, 2.24) is 4.57 Å². The molecule has 0 spiro atoms. The summed E-state index contributed by atoms with van der Waals surface area (Å²) in [4.78, 5) is 32.0. The molecule has 1 aliphatic heterocycles. The van der Waals surface area contributed by atoms with Crippen molar-refractivity contribution in [2.24, 2.45) is 4.99 Å². The van der Waals surface area contributed by atoms with E-state index in [0.717, 1.165) is 4.88 Å². The number of ether oxygens (including phenoxy) is 3. The molecule has 1 aliphatic rings. The summed E-state index contributed by atoms with van der Waals surface area (Å²) >= 11 is 2.74. The van der Waals surface area contributed by atoms with Crippen LogP contribution in [-0.4, -0.2) is 31.9 Å². The lowest BCUT2D eigenvalue weighted by Crippen LogP contribution is -2.39. The number of carbonyl (C=O) groups excluding carboxylic acids is 1. The Morgan fingerprint density at radius 1 is 1.19 bits per heavy atom. The highest BCUT2D eigenvalue weighted by molar-refractivity contribution is 7.10. The maximum Gasteiger partial charge on any atom is 0.338 e. The van der Waals surface area contributed by atoms with E-state index in [1.165, 1.54) is 29.8 Å². The van der Waals surface area contributed by atoms with E-state index in [-0.39, 0.29) is 5.56 Å². The molecule has 0 N–H and O–H groups in total. The first kappa shape index (κ1) is 21.1. The maximum atomic E-state index is 13.5. The first-order chi connectivity index (χ1) is 15.0. The fourth-order valence-electron chi connectivity index (χ4n) is 3.50. The molecule has 1 atom stereocenters. The Labute approximate surface area is 186 Å². The van der Waals surface area contributed by atoms with Crippen LogP contribution in [0.15, 0.2) is 56.8 Å². The Morgan fingerprint density at radius 3 is 2.65 bits per heavy atom. The Bertz CT molecular complexity index is 1350. The largest absolute Gasteiger partial charge is 0.497 e. The second-order valence-electron chi connectivity index (χ2n) is 6.70. The van der Waals surface area contributed by atoms with Gasteiger partial charge in [-0.25, -0.2) is 9.79 Å². The SMILES string of the molecule is COC(=O)C1=C(C)N=c2s/c(=C/c3cc(OC)ccc3OC)c(=O)n2[C@H]1c1cccs1. The number of methoxy groups -OCH3 is 3. The van der Waals surface area contributed by atoms with Gasteiger partial charge < -0.3 is 14.2 Å². The molecule has 9 heteroatoms. The molecular weight excluding hydrogens is 436 g/mol. The molecule has 0 bridgehead atoms. The van der Waals surface area contributed by atoms with Crippen molar-refractivity contribution in [3.05, 3.63) is 77.1 Å². The van der Waals surface area contributed by atoms with Gasteiger partial charge in [-0.2, -0.15) is 0 Å². The minimum Gasteiger partial charge on any atom is -0.497 e. The fraction of sp³-hybridized carbons (Fsp3) is 0.227. The molecule has 160 valence electrons. The van der Waals surface area contributed by atoms with Gasteiger partial charge in [0.05, 0.1) is 37.1 Å². The van der Waals surface area contributed by atoms with Crippen molar-refractivity contribution < 1.29 is 19.0 Å². The van der Waals surface area contributed by atoms with Crippen molar-refractivity contribution in [3.8, 4) is 11.5 Å². The molecule has 0 aliphatic carbocycles. The fourth-order valence-corrected chi connectivity index (χ4v) is 5.36. The minimum absolute atomic E-state index is 0.235. The van der Waals surface area contributed by atoms with Gasteiger partial charge >= 0.3 is 5.97 Å². The lowest BCUT2D eigenvalue weighted by Gasteiger charge is -2.22. The monoisotopic (exact) mass is 456 g/mol. The average molecular weight is 457 g/mol. The number of hydrogen-bond donors (Lipinski definition) is 0. The number of fused-ring (bicyclic) bond motifs is 1. The summed E-state index contributed by atoms with van der Waals surface area (Å²) < 4.78 is 17.8. The zero-order valence-corrected chi connectivity index (χ0v) is 19.0. The number of hydrogen-bond acceptors (Lipinski definition) is 8. The van der Waals surface area contributed by atoms with Gasteiger partial charge in [0.15, 0.2) is 4.80 Å². The van der Waals surface area contributed by atoms with Gasteiger partial charge in [-0.15, -0.1) is 11.3 Å². The molecule has 2 aromatic heterocycles. The molecule has 31 heavy (non-hydrogen) atoms. The molecule has 4 rings (SSSR count). The van der Waals surface area contributed by atoms with Crippen molar-refractivity contribution in [2.75, 3.05) is 21.3 Å². The summed E-state index contributed by atoms with van der Waals surface area (Å²) in [6.45, 7) is 1.76. The Balaban J connectivity index is 1.97. The third kappa shape index (κ3) is 3.70. The third-order valence-electron chi connectivity index (χ3n) is 4.96. The molecular formula is C22H20N2O5S2. The first-order valence-electron chi connectivity index (χ1n) is 9.34. The molecule has 0 fully saturated rings. The predicted molar refractivity (Wildman–Crippen MR) is 120 cm³/mol. The van der Waals surface area contributed by atoms with Crippen LogP contribution in [0.3, 0.4) is 0 Å². The predicted octanol–water partition coefficient (Wildman–Crippen LogP) is 2.49. The van der Waals surface area contributed by atoms with Gasteiger partial charge in [-0.1, -0.05) is 17.4 Å². The highest BCUT2D eigenvalue weighted by atomic mass is 32.1. The number of carbonyl (C=O) groups is 1. The number of thiophene rings is 1. The van der Waals surface area contributed by atoms with Crippen molar-refractivity contribution >= 4 is 34.7 Å². The van der Waals surface area contributed by atoms with Crippen LogP contribution in [-0.2, 0) is 9.53 Å². The maximum absolute atomic E-state index is 13.5. The highest BCUT2D eigenvalue weighted by Crippen LogP contribution is 2.33. The van der Waals surface area contributed by atoms with E-state index in [0.29, 0.717) is 37.7 Å². The van der Waals surface area contributed by atoms with Crippen LogP contribution in [0.5, 0.6) is 11.5 Å². The van der Waals surface area contributed by atoms with Crippen molar-refractivity contribution in [1.29, 1.82) is 0 Å². The number of nitrogens with zero attached hydrogens (tertiary/aromatic N) is 2. The second kappa shape index (κ2) is 8.52. The molecule has 3 aromatic rings. The molecule has 7 nitrogen and oxygen atoms in total. The van der Waals surface area contributed by atoms with Gasteiger partial charge in [0.1, 0.15) is 17.5 Å². The van der Waals surface area contributed by atoms with Crippen LogP contribution in [0, 0.1) is 0 Å². The van der Waals surface area contributed by atoms with Gasteiger partial charge in [-0.05, 0) is 42.6 Å². The number of rotatable bonds is 5. The van der Waals surface area contributed by atoms with E-state index in [2.05, 4.69) is 4.99 Å². The quantitative estimate of drug-likeness (QED) is 0.551. The lowest BCUT2D eigenvalue weighted by atomic mass is 10.0.